The molecule has 0 aliphatic heterocycles. The van der Waals surface area contributed by atoms with Gasteiger partial charge in [0.05, 0.1) is 6.42 Å². The first-order valence-electron chi connectivity index (χ1n) is 6.20. The first-order chi connectivity index (χ1) is 8.58. The summed E-state index contributed by atoms with van der Waals surface area (Å²) in [5.74, 6) is -0.527. The molecule has 0 saturated heterocycles. The van der Waals surface area contributed by atoms with Crippen LogP contribution in [0.15, 0.2) is 18.2 Å². The third-order valence-electron chi connectivity index (χ3n) is 3.41. The molecule has 1 atom stereocenters. The lowest BCUT2D eigenvalue weighted by molar-refractivity contribution is -0.136. The molecule has 0 fully saturated rings. The minimum atomic E-state index is -0.905. The summed E-state index contributed by atoms with van der Waals surface area (Å²) in [6.45, 7) is 2.36. The van der Waals surface area contributed by atoms with Gasteiger partial charge in [-0.3, -0.25) is 9.59 Å². The number of carbonyl (C=O) groups excluding carboxylic acids is 1. The average molecular weight is 247 g/mol. The van der Waals surface area contributed by atoms with Crippen molar-refractivity contribution >= 4 is 11.9 Å². The van der Waals surface area contributed by atoms with Crippen LogP contribution in [0.5, 0.6) is 0 Å². The van der Waals surface area contributed by atoms with Gasteiger partial charge in [0.1, 0.15) is 0 Å². The molecular weight excluding hydrogens is 230 g/mol. The average Bonchev–Trinajstić information content (AvgIpc) is 2.70. The zero-order chi connectivity index (χ0) is 13.1. The molecule has 4 heteroatoms. The second-order valence-electron chi connectivity index (χ2n) is 4.75. The van der Waals surface area contributed by atoms with Crippen molar-refractivity contribution in [2.24, 2.45) is 0 Å². The molecule has 1 aliphatic rings. The normalized spacial score (nSPS) is 17.3. The Balaban J connectivity index is 2.01. The SMILES string of the molecule is CC1CCc2cc(C(=O)NCCC(=O)O)ccc21. The van der Waals surface area contributed by atoms with Gasteiger partial charge in [-0.05, 0) is 42.0 Å². The number of aryl methyl sites for hydroxylation is 1. The van der Waals surface area contributed by atoms with Gasteiger partial charge in [0.2, 0.25) is 0 Å². The van der Waals surface area contributed by atoms with Gasteiger partial charge in [-0.25, -0.2) is 0 Å². The first-order valence-corrected chi connectivity index (χ1v) is 6.20. The topological polar surface area (TPSA) is 66.4 Å². The van der Waals surface area contributed by atoms with Crippen molar-refractivity contribution in [3.05, 3.63) is 34.9 Å². The molecule has 0 aromatic heterocycles. The largest absolute Gasteiger partial charge is 0.481 e. The van der Waals surface area contributed by atoms with Crippen LogP contribution in [0.2, 0.25) is 0 Å². The second kappa shape index (κ2) is 5.21. The highest BCUT2D eigenvalue weighted by Gasteiger charge is 2.19. The Bertz CT molecular complexity index is 482. The Morgan fingerprint density at radius 1 is 1.44 bits per heavy atom. The highest BCUT2D eigenvalue weighted by molar-refractivity contribution is 5.94. The molecule has 96 valence electrons. The molecule has 0 heterocycles. The second-order valence-corrected chi connectivity index (χ2v) is 4.75. The van der Waals surface area contributed by atoms with E-state index in [-0.39, 0.29) is 18.9 Å². The summed E-state index contributed by atoms with van der Waals surface area (Å²) >= 11 is 0. The van der Waals surface area contributed by atoms with E-state index in [4.69, 9.17) is 5.11 Å². The lowest BCUT2D eigenvalue weighted by atomic mass is 10.0. The Kier molecular flexibility index (Phi) is 3.65. The number of aliphatic carboxylic acids is 1. The van der Waals surface area contributed by atoms with E-state index in [9.17, 15) is 9.59 Å². The van der Waals surface area contributed by atoms with Gasteiger partial charge < -0.3 is 10.4 Å². The van der Waals surface area contributed by atoms with Crippen molar-refractivity contribution in [3.8, 4) is 0 Å². The summed E-state index contributed by atoms with van der Waals surface area (Å²) in [4.78, 5) is 22.2. The molecule has 0 spiro atoms. The van der Waals surface area contributed by atoms with Gasteiger partial charge in [0.15, 0.2) is 0 Å². The number of carboxylic acid groups (broad SMARTS) is 1. The quantitative estimate of drug-likeness (QED) is 0.854. The van der Waals surface area contributed by atoms with Crippen LogP contribution in [0.1, 0.15) is 47.2 Å². The first kappa shape index (κ1) is 12.6. The summed E-state index contributed by atoms with van der Waals surface area (Å²) in [5, 5.41) is 11.1. The molecule has 2 rings (SSSR count). The molecule has 1 aromatic carbocycles. The number of fused-ring (bicyclic) bond motifs is 1. The Hall–Kier alpha value is -1.84. The van der Waals surface area contributed by atoms with E-state index >= 15 is 0 Å². The molecule has 2 N–H and O–H groups in total. The molecule has 18 heavy (non-hydrogen) atoms. The maximum Gasteiger partial charge on any atom is 0.305 e. The van der Waals surface area contributed by atoms with E-state index in [0.29, 0.717) is 11.5 Å². The lowest BCUT2D eigenvalue weighted by Gasteiger charge is -2.07. The van der Waals surface area contributed by atoms with Crippen LogP contribution in [0.4, 0.5) is 0 Å². The summed E-state index contributed by atoms with van der Waals surface area (Å²) in [6, 6.07) is 5.75. The fourth-order valence-corrected chi connectivity index (χ4v) is 2.36. The number of rotatable bonds is 4. The third kappa shape index (κ3) is 2.70. The zero-order valence-electron chi connectivity index (χ0n) is 10.4. The van der Waals surface area contributed by atoms with Crippen molar-refractivity contribution in [1.82, 2.24) is 5.32 Å². The van der Waals surface area contributed by atoms with E-state index < -0.39 is 5.97 Å². The van der Waals surface area contributed by atoms with E-state index in [2.05, 4.69) is 12.2 Å². The van der Waals surface area contributed by atoms with E-state index in [1.54, 1.807) is 0 Å². The van der Waals surface area contributed by atoms with Crippen LogP contribution in [0, 0.1) is 0 Å². The van der Waals surface area contributed by atoms with Crippen LogP contribution < -0.4 is 5.32 Å². The monoisotopic (exact) mass is 247 g/mol. The van der Waals surface area contributed by atoms with E-state index in [1.807, 2.05) is 18.2 Å². The highest BCUT2D eigenvalue weighted by atomic mass is 16.4. The Morgan fingerprint density at radius 2 is 2.22 bits per heavy atom. The van der Waals surface area contributed by atoms with Crippen molar-refractivity contribution in [1.29, 1.82) is 0 Å². The molecule has 1 aliphatic carbocycles. The van der Waals surface area contributed by atoms with Crippen LogP contribution in [-0.2, 0) is 11.2 Å². The summed E-state index contributed by atoms with van der Waals surface area (Å²) in [5.41, 5.74) is 3.19. The maximum atomic E-state index is 11.8. The van der Waals surface area contributed by atoms with Crippen molar-refractivity contribution in [3.63, 3.8) is 0 Å². The van der Waals surface area contributed by atoms with Gasteiger partial charge in [-0.15, -0.1) is 0 Å². The summed E-state index contributed by atoms with van der Waals surface area (Å²) in [7, 11) is 0. The summed E-state index contributed by atoms with van der Waals surface area (Å²) < 4.78 is 0. The van der Waals surface area contributed by atoms with Gasteiger partial charge in [0.25, 0.3) is 5.91 Å². The molecule has 0 bridgehead atoms. The summed E-state index contributed by atoms with van der Waals surface area (Å²) in [6.07, 6.45) is 2.11. The molecule has 0 radical (unpaired) electrons. The van der Waals surface area contributed by atoms with Gasteiger partial charge in [0, 0.05) is 12.1 Å². The third-order valence-corrected chi connectivity index (χ3v) is 3.41. The minimum absolute atomic E-state index is 0.0479. The number of carbonyl (C=O) groups is 2. The zero-order valence-corrected chi connectivity index (χ0v) is 10.4. The molecule has 1 aromatic rings. The lowest BCUT2D eigenvalue weighted by Crippen LogP contribution is -2.26. The number of nitrogens with one attached hydrogen (secondary N) is 1. The Labute approximate surface area is 106 Å². The smallest absolute Gasteiger partial charge is 0.305 e. The fourth-order valence-electron chi connectivity index (χ4n) is 2.36. The standard InChI is InChI=1S/C14H17NO3/c1-9-2-3-10-8-11(4-5-12(9)10)14(18)15-7-6-13(16)17/h4-5,8-9H,2-3,6-7H2,1H3,(H,15,18)(H,16,17). The highest BCUT2D eigenvalue weighted by Crippen LogP contribution is 2.32. The molecule has 0 saturated carbocycles. The predicted molar refractivity (Wildman–Crippen MR) is 67.8 cm³/mol. The molecule has 1 amide bonds. The van der Waals surface area contributed by atoms with Crippen molar-refractivity contribution in [2.45, 2.75) is 32.1 Å². The number of hydrogen-bond donors (Lipinski definition) is 2. The predicted octanol–water partition coefficient (Wildman–Crippen LogP) is 1.94. The van der Waals surface area contributed by atoms with Crippen LogP contribution in [0.25, 0.3) is 0 Å². The van der Waals surface area contributed by atoms with E-state index in [0.717, 1.165) is 12.8 Å². The van der Waals surface area contributed by atoms with Crippen LogP contribution >= 0.6 is 0 Å². The molecular formula is C14H17NO3. The van der Waals surface area contributed by atoms with Crippen molar-refractivity contribution in [2.75, 3.05) is 6.54 Å². The number of benzene rings is 1. The number of amides is 1. The fraction of sp³-hybridized carbons (Fsp3) is 0.429. The molecule has 1 unspecified atom stereocenters. The number of carboxylic acids is 1. The molecule has 4 nitrogen and oxygen atoms in total. The number of hydrogen-bond acceptors (Lipinski definition) is 2. The van der Waals surface area contributed by atoms with Gasteiger partial charge >= 0.3 is 5.97 Å². The van der Waals surface area contributed by atoms with Crippen molar-refractivity contribution < 1.29 is 14.7 Å². The van der Waals surface area contributed by atoms with Gasteiger partial charge in [-0.2, -0.15) is 0 Å². The minimum Gasteiger partial charge on any atom is -0.481 e. The van der Waals surface area contributed by atoms with Crippen LogP contribution in [0.3, 0.4) is 0 Å². The maximum absolute atomic E-state index is 11.8. The Morgan fingerprint density at radius 3 is 2.94 bits per heavy atom. The van der Waals surface area contributed by atoms with Crippen LogP contribution in [-0.4, -0.2) is 23.5 Å². The van der Waals surface area contributed by atoms with E-state index in [1.165, 1.54) is 11.1 Å². The van der Waals surface area contributed by atoms with Gasteiger partial charge in [-0.1, -0.05) is 13.0 Å².